The molecule has 3 aliphatic rings. The molecular weight excluding hydrogens is 933 g/mol. The topological polar surface area (TPSA) is 287 Å². The number of phenols is 2. The number of anilines is 3. The first kappa shape index (κ1) is 49.0. The fraction of sp³-hybridized carbons (Fsp3) is 0.314. The van der Waals surface area contributed by atoms with Gasteiger partial charge in [-0.05, 0) is 49.7 Å². The number of aliphatic hydroxyl groups excluding tert-OH is 1. The van der Waals surface area contributed by atoms with E-state index in [0.29, 0.717) is 17.1 Å². The number of benzene rings is 3. The van der Waals surface area contributed by atoms with Gasteiger partial charge < -0.3 is 69.6 Å². The highest BCUT2D eigenvalue weighted by atomic mass is 16.7. The highest BCUT2D eigenvalue weighted by molar-refractivity contribution is 6.31. The fourth-order valence-electron chi connectivity index (χ4n) is 9.66. The average molecular weight is 985 g/mol. The SMILES string of the molecule is COc1cccc2c1C(=O)c1c(O)c3c(c(O)c1C2=O)C[C@@](O)(C(C)=O)C[C@@H]3OC1CC(NCc2ccc(NC(=O)c3cc(NC(=O)c4cc(NC(=O)c5nccn5C)cn4C)cn3C)cc2)C(O)C(C)O1. The molecule has 21 nitrogen and oxygen atoms in total. The zero-order valence-electron chi connectivity index (χ0n) is 40.0. The number of aliphatic hydroxyl groups is 2. The van der Waals surface area contributed by atoms with Crippen LogP contribution in [0.5, 0.6) is 17.2 Å². The summed E-state index contributed by atoms with van der Waals surface area (Å²) in [4.78, 5) is 84.2. The minimum absolute atomic E-state index is 0.0415. The highest BCUT2D eigenvalue weighted by Gasteiger charge is 2.49. The molecule has 72 heavy (non-hydrogen) atoms. The van der Waals surface area contributed by atoms with Crippen LogP contribution in [0.25, 0.3) is 0 Å². The molecule has 0 radical (unpaired) electrons. The molecular formula is C51H52N8O13. The van der Waals surface area contributed by atoms with Crippen LogP contribution in [0.15, 0.2) is 79.4 Å². The van der Waals surface area contributed by atoms with Crippen LogP contribution in [0.1, 0.15) is 113 Å². The summed E-state index contributed by atoms with van der Waals surface area (Å²) in [5.41, 5.74) is -0.829. The number of nitrogens with zero attached hydrogens (tertiary/aromatic N) is 4. The molecule has 3 amide bonds. The van der Waals surface area contributed by atoms with Gasteiger partial charge in [-0.1, -0.05) is 24.3 Å². The maximum Gasteiger partial charge on any atom is 0.291 e. The number of amides is 3. The van der Waals surface area contributed by atoms with Crippen LogP contribution in [-0.4, -0.2) is 111 Å². The molecule has 1 saturated heterocycles. The second-order valence-electron chi connectivity index (χ2n) is 18.3. The van der Waals surface area contributed by atoms with Crippen molar-refractivity contribution in [1.29, 1.82) is 0 Å². The number of aromatic hydroxyl groups is 2. The van der Waals surface area contributed by atoms with Crippen LogP contribution in [0.4, 0.5) is 17.1 Å². The molecule has 374 valence electrons. The third kappa shape index (κ3) is 8.92. The fourth-order valence-corrected chi connectivity index (χ4v) is 9.66. The van der Waals surface area contributed by atoms with Crippen LogP contribution < -0.4 is 26.0 Å². The van der Waals surface area contributed by atoms with E-state index in [0.717, 1.165) is 5.56 Å². The van der Waals surface area contributed by atoms with E-state index >= 15 is 0 Å². The minimum atomic E-state index is -2.10. The molecule has 21 heteroatoms. The number of hydrogen-bond donors (Lipinski definition) is 8. The number of rotatable bonds is 13. The van der Waals surface area contributed by atoms with Crippen molar-refractivity contribution in [2.45, 2.75) is 75.9 Å². The summed E-state index contributed by atoms with van der Waals surface area (Å²) in [5.74, 6) is -4.55. The van der Waals surface area contributed by atoms with Gasteiger partial charge in [0, 0.05) is 100 Å². The molecule has 4 unspecified atom stereocenters. The molecule has 2 aliphatic carbocycles. The van der Waals surface area contributed by atoms with E-state index in [1.54, 1.807) is 84.6 Å². The van der Waals surface area contributed by atoms with Gasteiger partial charge in [0.05, 0.1) is 53.5 Å². The molecule has 4 heterocycles. The number of fused-ring (bicyclic) bond motifs is 3. The molecule has 3 aromatic carbocycles. The first-order valence-corrected chi connectivity index (χ1v) is 22.9. The summed E-state index contributed by atoms with van der Waals surface area (Å²) < 4.78 is 22.5. The largest absolute Gasteiger partial charge is 0.507 e. The maximum absolute atomic E-state index is 14.0. The monoisotopic (exact) mass is 984 g/mol. The van der Waals surface area contributed by atoms with Gasteiger partial charge in [0.2, 0.25) is 5.78 Å². The van der Waals surface area contributed by atoms with Crippen molar-refractivity contribution in [2.24, 2.45) is 21.1 Å². The first-order chi connectivity index (χ1) is 34.3. The van der Waals surface area contributed by atoms with Gasteiger partial charge in [0.15, 0.2) is 23.7 Å². The average Bonchev–Trinajstić information content (AvgIpc) is 4.06. The summed E-state index contributed by atoms with van der Waals surface area (Å²) in [7, 11) is 6.35. The Balaban J connectivity index is 0.845. The third-order valence-corrected chi connectivity index (χ3v) is 13.5. The summed E-state index contributed by atoms with van der Waals surface area (Å²) in [6.07, 6.45) is 1.27. The van der Waals surface area contributed by atoms with Gasteiger partial charge in [0.1, 0.15) is 34.2 Å². The molecule has 1 fully saturated rings. The Kier molecular flexibility index (Phi) is 12.9. The van der Waals surface area contributed by atoms with Crippen LogP contribution in [0.2, 0.25) is 0 Å². The molecule has 9 rings (SSSR count). The predicted octanol–water partition coefficient (Wildman–Crippen LogP) is 4.03. The van der Waals surface area contributed by atoms with Crippen molar-refractivity contribution in [3.63, 3.8) is 0 Å². The van der Waals surface area contributed by atoms with E-state index in [1.807, 2.05) is 0 Å². The number of ether oxygens (including phenoxy) is 3. The lowest BCUT2D eigenvalue weighted by molar-refractivity contribution is -0.249. The lowest BCUT2D eigenvalue weighted by Crippen LogP contribution is -2.54. The molecule has 6 aromatic rings. The molecule has 3 aromatic heterocycles. The lowest BCUT2D eigenvalue weighted by Gasteiger charge is -2.43. The molecule has 6 atom stereocenters. The Bertz CT molecular complexity index is 3210. The van der Waals surface area contributed by atoms with E-state index in [4.69, 9.17) is 14.2 Å². The Hall–Kier alpha value is -7.95. The number of hydrogen-bond acceptors (Lipinski definition) is 15. The van der Waals surface area contributed by atoms with Gasteiger partial charge >= 0.3 is 0 Å². The van der Waals surface area contributed by atoms with Crippen molar-refractivity contribution in [1.82, 2.24) is 24.0 Å². The van der Waals surface area contributed by atoms with Gasteiger partial charge in [-0.3, -0.25) is 28.8 Å². The zero-order chi connectivity index (χ0) is 51.5. The van der Waals surface area contributed by atoms with Gasteiger partial charge in [-0.25, -0.2) is 4.98 Å². The van der Waals surface area contributed by atoms with E-state index in [2.05, 4.69) is 26.3 Å². The van der Waals surface area contributed by atoms with Crippen molar-refractivity contribution in [2.75, 3.05) is 23.1 Å². The minimum Gasteiger partial charge on any atom is -0.507 e. The Morgan fingerprint density at radius 2 is 1.46 bits per heavy atom. The van der Waals surface area contributed by atoms with Crippen molar-refractivity contribution in [3.05, 3.63) is 136 Å². The summed E-state index contributed by atoms with van der Waals surface area (Å²) in [6.45, 7) is 3.07. The number of phenolic OH excluding ortho intramolecular Hbond substituents is 2. The molecule has 1 aliphatic heterocycles. The molecule has 0 saturated carbocycles. The summed E-state index contributed by atoms with van der Waals surface area (Å²) in [6, 6.07) is 13.8. The molecule has 0 bridgehead atoms. The molecule has 8 N–H and O–H groups in total. The normalized spacial score (nSPS) is 21.3. The van der Waals surface area contributed by atoms with Crippen molar-refractivity contribution < 1.29 is 63.4 Å². The van der Waals surface area contributed by atoms with Crippen LogP contribution in [-0.2, 0) is 48.4 Å². The Labute approximate surface area is 411 Å². The van der Waals surface area contributed by atoms with E-state index in [9.17, 15) is 49.2 Å². The second kappa shape index (κ2) is 19.0. The van der Waals surface area contributed by atoms with Crippen LogP contribution >= 0.6 is 0 Å². The van der Waals surface area contributed by atoms with Gasteiger partial charge in [-0.2, -0.15) is 0 Å². The second-order valence-corrected chi connectivity index (χ2v) is 18.3. The lowest BCUT2D eigenvalue weighted by atomic mass is 9.72. The van der Waals surface area contributed by atoms with Crippen LogP contribution in [0, 0.1) is 0 Å². The standard InChI is InChI=1S/C51H52N8O13/c1-24-42(61)32(18-37(71-24)72-36-20-51(69,25(2)60)19-31-39(36)46(65)41-40(44(31)63)43(62)30-8-7-9-35(70-6)38(30)45(41)64)53-21-26-10-12-27(13-11-26)54-48(66)33-16-28(22-58(33)4)55-49(67)34-17-29(23-59(34)5)56-50(68)47-52-14-15-57(47)3/h7-17,22-24,32,36-37,42,53,61,63,65,69H,18-21H2,1-6H3,(H,54,66)(H,55,67)(H,56,68)/t24?,32?,36-,37?,42?,51-/m0/s1. The number of methoxy groups -OCH3 is 1. The number of nitrogens with one attached hydrogen (secondary N) is 4. The number of carbonyl (C=O) groups excluding carboxylic acids is 6. The first-order valence-electron chi connectivity index (χ1n) is 22.9. The van der Waals surface area contributed by atoms with E-state index in [-0.39, 0.29) is 58.2 Å². The zero-order valence-corrected chi connectivity index (χ0v) is 40.0. The van der Waals surface area contributed by atoms with Gasteiger partial charge in [0.25, 0.3) is 17.7 Å². The number of ketones is 3. The van der Waals surface area contributed by atoms with Gasteiger partial charge in [-0.15, -0.1) is 0 Å². The van der Waals surface area contributed by atoms with Crippen molar-refractivity contribution in [3.8, 4) is 17.2 Å². The summed E-state index contributed by atoms with van der Waals surface area (Å²) in [5, 5.41) is 58.2. The summed E-state index contributed by atoms with van der Waals surface area (Å²) >= 11 is 0. The number of imidazole rings is 1. The number of aromatic nitrogens is 4. The van der Waals surface area contributed by atoms with Crippen LogP contribution in [0.3, 0.4) is 0 Å². The highest BCUT2D eigenvalue weighted by Crippen LogP contribution is 2.52. The maximum atomic E-state index is 14.0. The number of aryl methyl sites for hydroxylation is 3. The quantitative estimate of drug-likeness (QED) is 0.0758. The van der Waals surface area contributed by atoms with E-state index < -0.39 is 107 Å². The van der Waals surface area contributed by atoms with Crippen molar-refractivity contribution >= 4 is 52.1 Å². The van der Waals surface area contributed by atoms with E-state index in [1.165, 1.54) is 50.6 Å². The molecule has 0 spiro atoms. The third-order valence-electron chi connectivity index (χ3n) is 13.5. The predicted molar refractivity (Wildman–Crippen MR) is 257 cm³/mol. The number of Topliss-reactive ketones (excluding diaryl/α,β-unsaturated/α-hetero) is 1. The smallest absolute Gasteiger partial charge is 0.291 e. The Morgan fingerprint density at radius 3 is 2.07 bits per heavy atom. The Morgan fingerprint density at radius 1 is 0.833 bits per heavy atom. The number of carbonyl (C=O) groups is 6.